The van der Waals surface area contributed by atoms with Gasteiger partial charge in [0.25, 0.3) is 0 Å². The zero-order chi connectivity index (χ0) is 15.4. The highest BCUT2D eigenvalue weighted by atomic mass is 35.5. The van der Waals surface area contributed by atoms with Crippen molar-refractivity contribution in [3.05, 3.63) is 28.2 Å². The third-order valence-electron chi connectivity index (χ3n) is 3.77. The molecule has 1 heterocycles. The minimum atomic E-state index is -0.433. The smallest absolute Gasteiger partial charge is 0.238 e. The summed E-state index contributed by atoms with van der Waals surface area (Å²) >= 11 is 11.9. The number of carbonyl (C=O) groups excluding carboxylic acids is 1. The van der Waals surface area contributed by atoms with Crippen molar-refractivity contribution in [3.63, 3.8) is 0 Å². The molecule has 1 fully saturated rings. The molecule has 0 bridgehead atoms. The zero-order valence-corrected chi connectivity index (χ0v) is 13.5. The van der Waals surface area contributed by atoms with Crippen LogP contribution in [-0.2, 0) is 4.79 Å². The summed E-state index contributed by atoms with van der Waals surface area (Å²) in [4.78, 5) is 14.2. The van der Waals surface area contributed by atoms with Crippen molar-refractivity contribution in [3.8, 4) is 0 Å². The molecule has 0 spiro atoms. The van der Waals surface area contributed by atoms with Crippen LogP contribution in [0.5, 0.6) is 0 Å². The maximum Gasteiger partial charge on any atom is 0.238 e. The maximum atomic E-state index is 12.2. The van der Waals surface area contributed by atoms with E-state index in [0.717, 1.165) is 25.8 Å². The first-order valence-corrected chi connectivity index (χ1v) is 7.90. The second kappa shape index (κ2) is 7.45. The molecular weight excluding hydrogens is 311 g/mol. The number of likely N-dealkylation sites (tertiary alicyclic amines) is 1. The van der Waals surface area contributed by atoms with Gasteiger partial charge in [-0.15, -0.1) is 0 Å². The lowest BCUT2D eigenvalue weighted by atomic mass is 9.98. The van der Waals surface area contributed by atoms with Crippen molar-refractivity contribution in [2.24, 2.45) is 0 Å². The predicted molar refractivity (Wildman–Crippen MR) is 86.0 cm³/mol. The minimum absolute atomic E-state index is 0.0465. The van der Waals surface area contributed by atoms with Crippen LogP contribution in [0.4, 0.5) is 5.69 Å². The van der Waals surface area contributed by atoms with E-state index in [1.165, 1.54) is 0 Å². The second-order valence-corrected chi connectivity index (χ2v) is 6.29. The van der Waals surface area contributed by atoms with Crippen LogP contribution in [-0.4, -0.2) is 41.1 Å². The van der Waals surface area contributed by atoms with Gasteiger partial charge in [0.15, 0.2) is 0 Å². The van der Waals surface area contributed by atoms with Gasteiger partial charge in [-0.2, -0.15) is 0 Å². The Morgan fingerprint density at radius 1 is 1.48 bits per heavy atom. The van der Waals surface area contributed by atoms with Gasteiger partial charge in [0.1, 0.15) is 0 Å². The van der Waals surface area contributed by atoms with E-state index in [1.807, 2.05) is 4.90 Å². The van der Waals surface area contributed by atoms with E-state index in [-0.39, 0.29) is 18.5 Å². The molecule has 1 aromatic carbocycles. The second-order valence-electron chi connectivity index (χ2n) is 5.45. The van der Waals surface area contributed by atoms with E-state index in [0.29, 0.717) is 15.7 Å². The van der Waals surface area contributed by atoms with E-state index < -0.39 is 6.10 Å². The molecule has 2 atom stereocenters. The molecule has 2 rings (SSSR count). The van der Waals surface area contributed by atoms with Gasteiger partial charge >= 0.3 is 0 Å². The van der Waals surface area contributed by atoms with Crippen LogP contribution in [0.1, 0.15) is 26.2 Å². The Morgan fingerprint density at radius 3 is 2.90 bits per heavy atom. The number of carbonyl (C=O) groups is 1. The summed E-state index contributed by atoms with van der Waals surface area (Å²) in [5, 5.41) is 13.6. The largest absolute Gasteiger partial charge is 0.392 e. The monoisotopic (exact) mass is 330 g/mol. The first-order chi connectivity index (χ1) is 9.97. The number of aliphatic hydroxyl groups is 1. The highest BCUT2D eigenvalue weighted by molar-refractivity contribution is 6.36. The average molecular weight is 331 g/mol. The number of aliphatic hydroxyl groups excluding tert-OH is 1. The third kappa shape index (κ3) is 4.58. The van der Waals surface area contributed by atoms with Crippen LogP contribution in [0.2, 0.25) is 10.0 Å². The number of piperidine rings is 1. The fourth-order valence-corrected chi connectivity index (χ4v) is 3.18. The van der Waals surface area contributed by atoms with Crippen LogP contribution >= 0.6 is 23.2 Å². The lowest BCUT2D eigenvalue weighted by Gasteiger charge is -2.36. The average Bonchev–Trinajstić information content (AvgIpc) is 2.42. The Hall–Kier alpha value is -0.810. The van der Waals surface area contributed by atoms with E-state index in [1.54, 1.807) is 25.1 Å². The number of hydrogen-bond acceptors (Lipinski definition) is 3. The van der Waals surface area contributed by atoms with Crippen LogP contribution in [0.25, 0.3) is 0 Å². The molecule has 2 N–H and O–H groups in total. The van der Waals surface area contributed by atoms with Gasteiger partial charge < -0.3 is 10.4 Å². The van der Waals surface area contributed by atoms with Crippen molar-refractivity contribution in [1.82, 2.24) is 4.90 Å². The summed E-state index contributed by atoms with van der Waals surface area (Å²) in [7, 11) is 0. The first kappa shape index (κ1) is 16.6. The van der Waals surface area contributed by atoms with Gasteiger partial charge in [-0.25, -0.2) is 0 Å². The fourth-order valence-electron chi connectivity index (χ4n) is 2.72. The Labute approximate surface area is 135 Å². The van der Waals surface area contributed by atoms with Crippen molar-refractivity contribution in [2.45, 2.75) is 38.3 Å². The summed E-state index contributed by atoms with van der Waals surface area (Å²) < 4.78 is 0. The Balaban J connectivity index is 1.97. The Kier molecular flexibility index (Phi) is 5.88. The molecule has 1 aromatic rings. The molecule has 0 aliphatic carbocycles. The van der Waals surface area contributed by atoms with Gasteiger partial charge in [-0.1, -0.05) is 29.6 Å². The van der Waals surface area contributed by atoms with Crippen molar-refractivity contribution in [2.75, 3.05) is 18.4 Å². The summed E-state index contributed by atoms with van der Waals surface area (Å²) in [6, 6.07) is 5.01. The molecule has 21 heavy (non-hydrogen) atoms. The molecule has 2 unspecified atom stereocenters. The topological polar surface area (TPSA) is 52.6 Å². The van der Waals surface area contributed by atoms with Crippen molar-refractivity contribution < 1.29 is 9.90 Å². The number of hydrogen-bond donors (Lipinski definition) is 2. The van der Waals surface area contributed by atoms with E-state index in [2.05, 4.69) is 5.32 Å². The lowest BCUT2D eigenvalue weighted by molar-refractivity contribution is -0.118. The third-order valence-corrected chi connectivity index (χ3v) is 4.32. The van der Waals surface area contributed by atoms with Crippen molar-refractivity contribution in [1.29, 1.82) is 0 Å². The van der Waals surface area contributed by atoms with E-state index >= 15 is 0 Å². The molecule has 1 amide bonds. The Bertz CT molecular complexity index is 508. The van der Waals surface area contributed by atoms with Gasteiger partial charge in [-0.3, -0.25) is 9.69 Å². The van der Waals surface area contributed by atoms with Crippen LogP contribution in [0.3, 0.4) is 0 Å². The number of amides is 1. The summed E-state index contributed by atoms with van der Waals surface area (Å²) in [5.41, 5.74) is 0.552. The highest BCUT2D eigenvalue weighted by Gasteiger charge is 2.27. The fraction of sp³-hybridized carbons (Fsp3) is 0.533. The van der Waals surface area contributed by atoms with Gasteiger partial charge in [-0.05, 0) is 44.5 Å². The quantitative estimate of drug-likeness (QED) is 0.891. The molecule has 116 valence electrons. The van der Waals surface area contributed by atoms with Gasteiger partial charge in [0, 0.05) is 11.1 Å². The number of halogens is 2. The number of nitrogens with zero attached hydrogens (tertiary/aromatic N) is 1. The molecular formula is C15H20Cl2N2O2. The molecule has 0 saturated carbocycles. The molecule has 1 aliphatic rings. The normalized spacial score (nSPS) is 21.0. The summed E-state index contributed by atoms with van der Waals surface area (Å²) in [6.45, 7) is 2.86. The summed E-state index contributed by atoms with van der Waals surface area (Å²) in [5.74, 6) is -0.133. The summed E-state index contributed by atoms with van der Waals surface area (Å²) in [6.07, 6.45) is 2.64. The zero-order valence-electron chi connectivity index (χ0n) is 12.0. The SMILES string of the molecule is CC(O)C1CCCCN1CC(=O)Nc1ccc(Cl)cc1Cl. The van der Waals surface area contributed by atoms with E-state index in [9.17, 15) is 9.90 Å². The number of benzene rings is 1. The van der Waals surface area contributed by atoms with Crippen LogP contribution in [0.15, 0.2) is 18.2 Å². The van der Waals surface area contributed by atoms with Gasteiger partial charge in [0.05, 0.1) is 23.4 Å². The Morgan fingerprint density at radius 2 is 2.24 bits per heavy atom. The first-order valence-electron chi connectivity index (χ1n) is 7.14. The minimum Gasteiger partial charge on any atom is -0.392 e. The lowest BCUT2D eigenvalue weighted by Crippen LogP contribution is -2.48. The van der Waals surface area contributed by atoms with E-state index in [4.69, 9.17) is 23.2 Å². The molecule has 0 radical (unpaired) electrons. The van der Waals surface area contributed by atoms with Crippen molar-refractivity contribution >= 4 is 34.8 Å². The van der Waals surface area contributed by atoms with Crippen LogP contribution < -0.4 is 5.32 Å². The predicted octanol–water partition coefficient (Wildman–Crippen LogP) is 3.17. The standard InChI is InChI=1S/C15H20Cl2N2O2/c1-10(20)14-4-2-3-7-19(14)9-15(21)18-13-6-5-11(16)8-12(13)17/h5-6,8,10,14,20H,2-4,7,9H2,1H3,(H,18,21). The molecule has 4 nitrogen and oxygen atoms in total. The number of rotatable bonds is 4. The molecule has 0 aromatic heterocycles. The molecule has 6 heteroatoms. The number of anilines is 1. The number of nitrogens with one attached hydrogen (secondary N) is 1. The molecule has 1 aliphatic heterocycles. The van der Waals surface area contributed by atoms with Gasteiger partial charge in [0.2, 0.25) is 5.91 Å². The maximum absolute atomic E-state index is 12.2. The molecule has 1 saturated heterocycles. The van der Waals surface area contributed by atoms with Crippen LogP contribution in [0, 0.1) is 0 Å². The highest BCUT2D eigenvalue weighted by Crippen LogP contribution is 2.25.